The molecule has 3 heteroatoms. The molecule has 3 atom stereocenters. The lowest BCUT2D eigenvalue weighted by atomic mass is 9.88. The second-order valence-corrected chi connectivity index (χ2v) is 4.97. The van der Waals surface area contributed by atoms with Crippen LogP contribution in [0, 0.1) is 5.92 Å². The van der Waals surface area contributed by atoms with Crippen LogP contribution < -0.4 is 5.32 Å². The molecule has 0 aliphatic heterocycles. The van der Waals surface area contributed by atoms with Crippen LogP contribution in [0.4, 0.5) is 0 Å². The van der Waals surface area contributed by atoms with Gasteiger partial charge in [0.25, 0.3) is 0 Å². The Bertz CT molecular complexity index is 175. The van der Waals surface area contributed by atoms with E-state index in [1.165, 1.54) is 25.7 Å². The van der Waals surface area contributed by atoms with Crippen molar-refractivity contribution < 1.29 is 9.84 Å². The fraction of sp³-hybridized carbons (Fsp3) is 1.00. The van der Waals surface area contributed by atoms with Gasteiger partial charge in [-0.25, -0.2) is 0 Å². The highest BCUT2D eigenvalue weighted by Gasteiger charge is 2.22. The molecule has 0 saturated heterocycles. The summed E-state index contributed by atoms with van der Waals surface area (Å²) in [5.74, 6) is 0.680. The summed E-state index contributed by atoms with van der Waals surface area (Å²) in [7, 11) is 0. The zero-order valence-corrected chi connectivity index (χ0v) is 10.7. The highest BCUT2D eigenvalue weighted by atomic mass is 16.5. The van der Waals surface area contributed by atoms with Crippen LogP contribution >= 0.6 is 0 Å². The van der Waals surface area contributed by atoms with Gasteiger partial charge in [0.1, 0.15) is 0 Å². The quantitative estimate of drug-likeness (QED) is 0.701. The fourth-order valence-corrected chi connectivity index (χ4v) is 2.29. The van der Waals surface area contributed by atoms with Gasteiger partial charge in [-0.05, 0) is 31.7 Å². The van der Waals surface area contributed by atoms with Crippen LogP contribution in [0.25, 0.3) is 0 Å². The highest BCUT2D eigenvalue weighted by Crippen LogP contribution is 2.26. The standard InChI is InChI=1S/C13H27NO2/c1-3-8-14-12(9-15)10-16-13-7-5-4-6-11(13)2/h11-15H,3-10H2,1-2H3. The van der Waals surface area contributed by atoms with Crippen LogP contribution in [-0.4, -0.2) is 37.0 Å². The van der Waals surface area contributed by atoms with Gasteiger partial charge in [-0.2, -0.15) is 0 Å². The number of nitrogens with one attached hydrogen (secondary N) is 1. The number of hydrogen-bond donors (Lipinski definition) is 2. The van der Waals surface area contributed by atoms with Crippen LogP contribution in [-0.2, 0) is 4.74 Å². The molecule has 1 aliphatic rings. The largest absolute Gasteiger partial charge is 0.395 e. The molecule has 0 heterocycles. The maximum atomic E-state index is 9.21. The molecule has 0 aromatic heterocycles. The molecule has 2 N–H and O–H groups in total. The van der Waals surface area contributed by atoms with E-state index in [0.29, 0.717) is 18.6 Å². The first-order valence-electron chi connectivity index (χ1n) is 6.73. The Morgan fingerprint density at radius 1 is 1.38 bits per heavy atom. The van der Waals surface area contributed by atoms with E-state index in [1.807, 2.05) is 0 Å². The number of aliphatic hydroxyl groups is 1. The first-order chi connectivity index (χ1) is 7.77. The summed E-state index contributed by atoms with van der Waals surface area (Å²) in [6.45, 7) is 6.17. The van der Waals surface area contributed by atoms with E-state index < -0.39 is 0 Å². The molecule has 1 aliphatic carbocycles. The Hall–Kier alpha value is -0.120. The smallest absolute Gasteiger partial charge is 0.0646 e. The molecule has 3 nitrogen and oxygen atoms in total. The number of hydrogen-bond acceptors (Lipinski definition) is 3. The Morgan fingerprint density at radius 3 is 2.75 bits per heavy atom. The third kappa shape index (κ3) is 4.81. The van der Waals surface area contributed by atoms with Crippen LogP contribution in [0.3, 0.4) is 0 Å². The monoisotopic (exact) mass is 229 g/mol. The molecular formula is C13H27NO2. The zero-order chi connectivity index (χ0) is 11.8. The van der Waals surface area contributed by atoms with Gasteiger partial charge in [-0.3, -0.25) is 0 Å². The summed E-state index contributed by atoms with van der Waals surface area (Å²) in [6.07, 6.45) is 6.62. The van der Waals surface area contributed by atoms with Crippen molar-refractivity contribution in [2.45, 2.75) is 58.1 Å². The molecular weight excluding hydrogens is 202 g/mol. The molecule has 0 spiro atoms. The van der Waals surface area contributed by atoms with Crippen molar-refractivity contribution in [2.24, 2.45) is 5.92 Å². The number of ether oxygens (including phenoxy) is 1. The van der Waals surface area contributed by atoms with Gasteiger partial charge in [0.15, 0.2) is 0 Å². The summed E-state index contributed by atoms with van der Waals surface area (Å²) >= 11 is 0. The minimum atomic E-state index is 0.106. The first kappa shape index (κ1) is 13.9. The Balaban J connectivity index is 2.19. The molecule has 1 fully saturated rings. The van der Waals surface area contributed by atoms with E-state index in [4.69, 9.17) is 4.74 Å². The van der Waals surface area contributed by atoms with Gasteiger partial charge in [-0.1, -0.05) is 26.7 Å². The summed E-state index contributed by atoms with van der Waals surface area (Å²) in [5, 5.41) is 12.5. The van der Waals surface area contributed by atoms with E-state index in [-0.39, 0.29) is 12.6 Å². The summed E-state index contributed by atoms with van der Waals surface area (Å²) in [4.78, 5) is 0. The van der Waals surface area contributed by atoms with Crippen LogP contribution in [0.15, 0.2) is 0 Å². The lowest BCUT2D eigenvalue weighted by molar-refractivity contribution is -0.0210. The molecule has 0 aromatic carbocycles. The molecule has 96 valence electrons. The van der Waals surface area contributed by atoms with Gasteiger partial charge in [0, 0.05) is 0 Å². The molecule has 0 radical (unpaired) electrons. The second kappa shape index (κ2) is 8.04. The van der Waals surface area contributed by atoms with E-state index in [2.05, 4.69) is 19.2 Å². The van der Waals surface area contributed by atoms with Gasteiger partial charge < -0.3 is 15.2 Å². The minimum absolute atomic E-state index is 0.106. The second-order valence-electron chi connectivity index (χ2n) is 4.97. The van der Waals surface area contributed by atoms with Crippen molar-refractivity contribution >= 4 is 0 Å². The maximum Gasteiger partial charge on any atom is 0.0646 e. The van der Waals surface area contributed by atoms with Gasteiger partial charge >= 0.3 is 0 Å². The SMILES string of the molecule is CCCNC(CO)COC1CCCCC1C. The molecule has 0 amide bonds. The molecule has 1 saturated carbocycles. The minimum Gasteiger partial charge on any atom is -0.395 e. The van der Waals surface area contributed by atoms with Crippen molar-refractivity contribution in [3.63, 3.8) is 0 Å². The average molecular weight is 229 g/mol. The normalized spacial score (nSPS) is 27.9. The molecule has 3 unspecified atom stereocenters. The predicted octanol–water partition coefficient (Wildman–Crippen LogP) is 1.94. The van der Waals surface area contributed by atoms with E-state index in [9.17, 15) is 5.11 Å². The molecule has 16 heavy (non-hydrogen) atoms. The first-order valence-corrected chi connectivity index (χ1v) is 6.73. The summed E-state index contributed by atoms with van der Waals surface area (Å²) in [5.41, 5.74) is 0. The summed E-state index contributed by atoms with van der Waals surface area (Å²) in [6, 6.07) is 0.106. The number of rotatable bonds is 7. The van der Waals surface area contributed by atoms with Crippen molar-refractivity contribution in [3.8, 4) is 0 Å². The Kier molecular flexibility index (Phi) is 7.01. The van der Waals surface area contributed by atoms with Crippen molar-refractivity contribution in [3.05, 3.63) is 0 Å². The third-order valence-corrected chi connectivity index (χ3v) is 3.45. The van der Waals surface area contributed by atoms with Crippen LogP contribution in [0.5, 0.6) is 0 Å². The van der Waals surface area contributed by atoms with Crippen molar-refractivity contribution in [1.82, 2.24) is 5.32 Å². The average Bonchev–Trinajstić information content (AvgIpc) is 2.31. The third-order valence-electron chi connectivity index (χ3n) is 3.45. The number of aliphatic hydroxyl groups excluding tert-OH is 1. The lowest BCUT2D eigenvalue weighted by Crippen LogP contribution is -2.39. The van der Waals surface area contributed by atoms with Gasteiger partial charge in [0.2, 0.25) is 0 Å². The van der Waals surface area contributed by atoms with E-state index in [0.717, 1.165) is 13.0 Å². The fourth-order valence-electron chi connectivity index (χ4n) is 2.29. The molecule has 0 bridgehead atoms. The van der Waals surface area contributed by atoms with Gasteiger partial charge in [0.05, 0.1) is 25.4 Å². The Labute approximate surface area is 99.6 Å². The van der Waals surface area contributed by atoms with Crippen LogP contribution in [0.1, 0.15) is 46.0 Å². The topological polar surface area (TPSA) is 41.5 Å². The van der Waals surface area contributed by atoms with Gasteiger partial charge in [-0.15, -0.1) is 0 Å². The molecule has 0 aromatic rings. The predicted molar refractivity (Wildman–Crippen MR) is 66.5 cm³/mol. The summed E-state index contributed by atoms with van der Waals surface area (Å²) < 4.78 is 5.92. The van der Waals surface area contributed by atoms with Crippen LogP contribution in [0.2, 0.25) is 0 Å². The lowest BCUT2D eigenvalue weighted by Gasteiger charge is -2.30. The molecule has 1 rings (SSSR count). The van der Waals surface area contributed by atoms with Crippen molar-refractivity contribution in [2.75, 3.05) is 19.8 Å². The highest BCUT2D eigenvalue weighted by molar-refractivity contribution is 4.74. The van der Waals surface area contributed by atoms with E-state index in [1.54, 1.807) is 0 Å². The zero-order valence-electron chi connectivity index (χ0n) is 10.7. The van der Waals surface area contributed by atoms with Crippen molar-refractivity contribution in [1.29, 1.82) is 0 Å². The maximum absolute atomic E-state index is 9.21. The Morgan fingerprint density at radius 2 is 2.12 bits per heavy atom. The van der Waals surface area contributed by atoms with E-state index >= 15 is 0 Å².